The van der Waals surface area contributed by atoms with Crippen LogP contribution >= 0.6 is 0 Å². The largest absolute Gasteiger partial charge is 0.362 e. The highest BCUT2D eigenvalue weighted by molar-refractivity contribution is 6.02. The molecule has 4 atom stereocenters. The Balaban J connectivity index is 1.28. The number of para-hydroxylation sites is 1. The molecule has 4 aliphatic rings. The van der Waals surface area contributed by atoms with Crippen LogP contribution in [0.1, 0.15) is 41.6 Å². The van der Waals surface area contributed by atoms with E-state index in [1.54, 1.807) is 0 Å². The summed E-state index contributed by atoms with van der Waals surface area (Å²) in [7, 11) is 1.93. The molecule has 1 spiro atoms. The van der Waals surface area contributed by atoms with Crippen molar-refractivity contribution in [1.29, 1.82) is 0 Å². The van der Waals surface area contributed by atoms with Crippen LogP contribution in [0.4, 0.5) is 5.69 Å². The van der Waals surface area contributed by atoms with Crippen molar-refractivity contribution in [2.45, 2.75) is 37.8 Å². The van der Waals surface area contributed by atoms with E-state index in [1.165, 1.54) is 5.56 Å². The standard InChI is InChI=1S/C25H29N3O2/c1-28(14-13-17-7-3-2-4-8-17)24(30)21-15-19-12-11-18(21)16-25(19)26-22-10-6-5-9-20(22)23(29)27-25/h2-10,18-19,21,26H,11-16H2,1H3,(H,27,29)/t18-,19+,21-,25+/m0/s1. The Kier molecular flexibility index (Phi) is 4.76. The molecule has 0 saturated heterocycles. The van der Waals surface area contributed by atoms with Gasteiger partial charge in [-0.25, -0.2) is 0 Å². The van der Waals surface area contributed by atoms with Crippen molar-refractivity contribution in [3.05, 3.63) is 65.7 Å². The Morgan fingerprint density at radius 2 is 1.83 bits per heavy atom. The van der Waals surface area contributed by atoms with Crippen LogP contribution in [0.25, 0.3) is 0 Å². The first-order valence-electron chi connectivity index (χ1n) is 11.0. The van der Waals surface area contributed by atoms with E-state index in [-0.39, 0.29) is 23.7 Å². The zero-order valence-corrected chi connectivity index (χ0v) is 17.4. The normalized spacial score (nSPS) is 29.1. The number of hydrogen-bond donors (Lipinski definition) is 2. The molecule has 0 aromatic heterocycles. The number of fused-ring (bicyclic) bond motifs is 3. The van der Waals surface area contributed by atoms with E-state index in [0.29, 0.717) is 11.5 Å². The van der Waals surface area contributed by atoms with Crippen LogP contribution < -0.4 is 10.6 Å². The zero-order chi connectivity index (χ0) is 20.7. The highest BCUT2D eigenvalue weighted by Crippen LogP contribution is 2.52. The van der Waals surface area contributed by atoms with Crippen molar-refractivity contribution in [3.8, 4) is 0 Å². The van der Waals surface area contributed by atoms with Crippen LogP contribution in [0.2, 0.25) is 0 Å². The van der Waals surface area contributed by atoms with Gasteiger partial charge in [-0.1, -0.05) is 42.5 Å². The number of anilines is 1. The van der Waals surface area contributed by atoms with Crippen molar-refractivity contribution in [2.24, 2.45) is 17.8 Å². The van der Waals surface area contributed by atoms with E-state index >= 15 is 0 Å². The van der Waals surface area contributed by atoms with Crippen molar-refractivity contribution >= 4 is 17.5 Å². The third-order valence-electron chi connectivity index (χ3n) is 7.41. The summed E-state index contributed by atoms with van der Waals surface area (Å²) in [5.41, 5.74) is 2.47. The lowest BCUT2D eigenvalue weighted by Gasteiger charge is -2.56. The van der Waals surface area contributed by atoms with Gasteiger partial charge in [0.1, 0.15) is 5.66 Å². The number of benzene rings is 2. The number of hydrogen-bond acceptors (Lipinski definition) is 3. The lowest BCUT2D eigenvalue weighted by molar-refractivity contribution is -0.141. The molecule has 30 heavy (non-hydrogen) atoms. The van der Waals surface area contributed by atoms with Crippen LogP contribution in [0, 0.1) is 17.8 Å². The molecule has 0 radical (unpaired) electrons. The van der Waals surface area contributed by atoms with Gasteiger partial charge >= 0.3 is 0 Å². The van der Waals surface area contributed by atoms with Gasteiger partial charge in [0.2, 0.25) is 5.91 Å². The first-order valence-corrected chi connectivity index (χ1v) is 11.0. The van der Waals surface area contributed by atoms with Crippen molar-refractivity contribution in [3.63, 3.8) is 0 Å². The number of rotatable bonds is 4. The van der Waals surface area contributed by atoms with E-state index in [4.69, 9.17) is 0 Å². The van der Waals surface area contributed by atoms with Gasteiger partial charge < -0.3 is 15.5 Å². The Morgan fingerprint density at radius 3 is 2.60 bits per heavy atom. The molecule has 1 aliphatic heterocycles. The molecular formula is C25H29N3O2. The number of carbonyl (C=O) groups is 2. The zero-order valence-electron chi connectivity index (χ0n) is 17.4. The molecule has 3 saturated carbocycles. The average molecular weight is 404 g/mol. The van der Waals surface area contributed by atoms with Crippen LogP contribution in [0.15, 0.2) is 54.6 Å². The molecular weight excluding hydrogens is 374 g/mol. The second kappa shape index (κ2) is 7.46. The molecule has 5 heteroatoms. The first-order chi connectivity index (χ1) is 14.6. The van der Waals surface area contributed by atoms with Gasteiger partial charge in [-0.3, -0.25) is 9.59 Å². The summed E-state index contributed by atoms with van der Waals surface area (Å²) in [5.74, 6) is 0.903. The maximum atomic E-state index is 13.3. The number of amides is 2. The van der Waals surface area contributed by atoms with Crippen molar-refractivity contribution in [1.82, 2.24) is 10.2 Å². The second-order valence-electron chi connectivity index (χ2n) is 9.17. The molecule has 3 fully saturated rings. The number of nitrogens with one attached hydrogen (secondary N) is 2. The average Bonchev–Trinajstić information content (AvgIpc) is 2.78. The minimum atomic E-state index is -0.409. The summed E-state index contributed by atoms with van der Waals surface area (Å²) in [5, 5.41) is 6.93. The molecule has 2 bridgehead atoms. The molecule has 2 amide bonds. The fourth-order valence-corrected chi connectivity index (χ4v) is 5.78. The Hall–Kier alpha value is -2.82. The summed E-state index contributed by atoms with van der Waals surface area (Å²) >= 11 is 0. The van der Waals surface area contributed by atoms with E-state index in [0.717, 1.165) is 44.3 Å². The topological polar surface area (TPSA) is 61.4 Å². The maximum Gasteiger partial charge on any atom is 0.255 e. The number of nitrogens with zero attached hydrogens (tertiary/aromatic N) is 1. The monoisotopic (exact) mass is 403 g/mol. The molecule has 156 valence electrons. The highest BCUT2D eigenvalue weighted by Gasteiger charge is 2.55. The quantitative estimate of drug-likeness (QED) is 0.819. The minimum absolute atomic E-state index is 0.000226. The van der Waals surface area contributed by atoms with Gasteiger partial charge in [0.25, 0.3) is 5.91 Å². The maximum absolute atomic E-state index is 13.3. The molecule has 2 aromatic carbocycles. The van der Waals surface area contributed by atoms with Gasteiger partial charge in [0.15, 0.2) is 0 Å². The van der Waals surface area contributed by atoms with E-state index < -0.39 is 5.66 Å². The second-order valence-corrected chi connectivity index (χ2v) is 9.17. The van der Waals surface area contributed by atoms with Gasteiger partial charge in [0, 0.05) is 31.1 Å². The third-order valence-corrected chi connectivity index (χ3v) is 7.41. The fraction of sp³-hybridized carbons (Fsp3) is 0.440. The summed E-state index contributed by atoms with van der Waals surface area (Å²) in [4.78, 5) is 27.9. The smallest absolute Gasteiger partial charge is 0.255 e. The predicted octanol–water partition coefficient (Wildman–Crippen LogP) is 3.68. The van der Waals surface area contributed by atoms with Gasteiger partial charge in [0.05, 0.1) is 5.56 Å². The third kappa shape index (κ3) is 3.26. The molecule has 2 N–H and O–H groups in total. The number of carbonyl (C=O) groups excluding carboxylic acids is 2. The lowest BCUT2D eigenvalue weighted by Crippen LogP contribution is -2.68. The molecule has 6 rings (SSSR count). The summed E-state index contributed by atoms with van der Waals surface area (Å²) in [6.45, 7) is 0.740. The fourth-order valence-electron chi connectivity index (χ4n) is 5.78. The Bertz CT molecular complexity index is 960. The molecule has 2 aromatic rings. The van der Waals surface area contributed by atoms with Gasteiger partial charge in [-0.2, -0.15) is 0 Å². The summed E-state index contributed by atoms with van der Waals surface area (Å²) in [6, 6.07) is 18.0. The van der Waals surface area contributed by atoms with Crippen LogP contribution in [0.3, 0.4) is 0 Å². The first kappa shape index (κ1) is 19.2. The van der Waals surface area contributed by atoms with E-state index in [2.05, 4.69) is 22.8 Å². The number of likely N-dealkylation sites (N-methyl/N-ethyl adjacent to an activating group) is 1. The van der Waals surface area contributed by atoms with E-state index in [9.17, 15) is 9.59 Å². The molecule has 0 unspecified atom stereocenters. The minimum Gasteiger partial charge on any atom is -0.362 e. The summed E-state index contributed by atoms with van der Waals surface area (Å²) < 4.78 is 0. The van der Waals surface area contributed by atoms with Crippen LogP contribution in [-0.4, -0.2) is 36.0 Å². The molecule has 3 aliphatic carbocycles. The van der Waals surface area contributed by atoms with Crippen molar-refractivity contribution in [2.75, 3.05) is 18.9 Å². The molecule has 1 heterocycles. The molecule has 5 nitrogen and oxygen atoms in total. The van der Waals surface area contributed by atoms with Crippen LogP contribution in [0.5, 0.6) is 0 Å². The van der Waals surface area contributed by atoms with Gasteiger partial charge in [-0.05, 0) is 55.7 Å². The SMILES string of the molecule is CN(CCc1ccccc1)C(=O)[C@H]1C[C@H]2CC[C@H]1C[C@@]21NC(=O)c2ccccc2N1. The van der Waals surface area contributed by atoms with E-state index in [1.807, 2.05) is 54.4 Å². The predicted molar refractivity (Wildman–Crippen MR) is 117 cm³/mol. The van der Waals surface area contributed by atoms with Crippen molar-refractivity contribution < 1.29 is 9.59 Å². The van der Waals surface area contributed by atoms with Crippen LogP contribution in [-0.2, 0) is 11.2 Å². The van der Waals surface area contributed by atoms with Gasteiger partial charge in [-0.15, -0.1) is 0 Å². The summed E-state index contributed by atoms with van der Waals surface area (Å²) in [6.07, 6.45) is 4.66. The Labute approximate surface area is 177 Å². The Morgan fingerprint density at radius 1 is 1.07 bits per heavy atom. The lowest BCUT2D eigenvalue weighted by atomic mass is 9.58. The highest BCUT2D eigenvalue weighted by atomic mass is 16.2.